The second-order valence-corrected chi connectivity index (χ2v) is 6.41. The molecule has 0 spiro atoms. The van der Waals surface area contributed by atoms with Gasteiger partial charge in [-0.25, -0.2) is 0 Å². The van der Waals surface area contributed by atoms with Crippen molar-refractivity contribution in [2.24, 2.45) is 5.92 Å². The van der Waals surface area contributed by atoms with Crippen molar-refractivity contribution in [3.8, 4) is 0 Å². The van der Waals surface area contributed by atoms with Crippen molar-refractivity contribution in [2.75, 3.05) is 13.1 Å². The van der Waals surface area contributed by atoms with E-state index in [0.717, 1.165) is 19.0 Å². The van der Waals surface area contributed by atoms with E-state index in [4.69, 9.17) is 0 Å². The summed E-state index contributed by atoms with van der Waals surface area (Å²) < 4.78 is 0. The molecule has 1 aliphatic carbocycles. The Kier molecular flexibility index (Phi) is 5.68. The second kappa shape index (κ2) is 7.28. The second-order valence-electron chi connectivity index (χ2n) is 6.41. The van der Waals surface area contributed by atoms with Crippen molar-refractivity contribution in [2.45, 2.75) is 77.3 Å². The normalized spacial score (nSPS) is 30.1. The number of hydrogen-bond donors (Lipinski definition) is 1. The minimum Gasteiger partial charge on any atom is -0.341 e. The molecule has 3 unspecified atom stereocenters. The molecule has 0 aromatic carbocycles. The quantitative estimate of drug-likeness (QED) is 0.848. The van der Waals surface area contributed by atoms with Gasteiger partial charge in [-0.2, -0.15) is 0 Å². The molecule has 3 nitrogen and oxygen atoms in total. The molecule has 2 rings (SSSR count). The fraction of sp³-hybridized carbons (Fsp3) is 0.938. The molecule has 0 aromatic rings. The van der Waals surface area contributed by atoms with E-state index >= 15 is 0 Å². The molecule has 1 saturated carbocycles. The summed E-state index contributed by atoms with van der Waals surface area (Å²) in [4.78, 5) is 14.4. The number of piperidine rings is 1. The number of carbonyl (C=O) groups excluding carboxylic acids is 1. The fourth-order valence-electron chi connectivity index (χ4n) is 3.63. The lowest BCUT2D eigenvalue weighted by atomic mass is 9.84. The van der Waals surface area contributed by atoms with Gasteiger partial charge in [0.05, 0.1) is 6.04 Å². The van der Waals surface area contributed by atoms with Crippen molar-refractivity contribution in [3.05, 3.63) is 0 Å². The smallest absolute Gasteiger partial charge is 0.239 e. The maximum atomic E-state index is 12.4. The van der Waals surface area contributed by atoms with Crippen molar-refractivity contribution in [3.63, 3.8) is 0 Å². The van der Waals surface area contributed by atoms with E-state index < -0.39 is 0 Å². The minimum absolute atomic E-state index is 0.00120. The third-order valence-corrected chi connectivity index (χ3v) is 4.88. The summed E-state index contributed by atoms with van der Waals surface area (Å²) in [6.07, 6.45) is 10.1. The SMILES string of the molecule is CCC1CCCC(NC(C)C(=O)N2CCCCC2)C1. The zero-order chi connectivity index (χ0) is 13.7. The highest BCUT2D eigenvalue weighted by molar-refractivity contribution is 5.81. The van der Waals surface area contributed by atoms with Gasteiger partial charge in [-0.3, -0.25) is 4.79 Å². The minimum atomic E-state index is -0.00120. The van der Waals surface area contributed by atoms with Crippen LogP contribution in [0.5, 0.6) is 0 Å². The highest BCUT2D eigenvalue weighted by Gasteiger charge is 2.26. The summed E-state index contributed by atoms with van der Waals surface area (Å²) in [7, 11) is 0. The first-order valence-corrected chi connectivity index (χ1v) is 8.25. The van der Waals surface area contributed by atoms with Gasteiger partial charge in [-0.05, 0) is 44.9 Å². The van der Waals surface area contributed by atoms with Crippen LogP contribution in [0.4, 0.5) is 0 Å². The molecular formula is C16H30N2O. The Morgan fingerprint density at radius 2 is 1.95 bits per heavy atom. The number of rotatable bonds is 4. The highest BCUT2D eigenvalue weighted by atomic mass is 16.2. The first-order valence-electron chi connectivity index (χ1n) is 8.25. The van der Waals surface area contributed by atoms with Crippen LogP contribution in [0.25, 0.3) is 0 Å². The average Bonchev–Trinajstić information content (AvgIpc) is 2.47. The van der Waals surface area contributed by atoms with Gasteiger partial charge in [0.25, 0.3) is 0 Å². The molecule has 1 aliphatic heterocycles. The zero-order valence-electron chi connectivity index (χ0n) is 12.7. The predicted octanol–water partition coefficient (Wildman–Crippen LogP) is 2.95. The number of hydrogen-bond acceptors (Lipinski definition) is 2. The molecule has 0 bridgehead atoms. The Hall–Kier alpha value is -0.570. The van der Waals surface area contributed by atoms with E-state index in [2.05, 4.69) is 17.1 Å². The summed E-state index contributed by atoms with van der Waals surface area (Å²) in [5.41, 5.74) is 0. The molecule has 1 heterocycles. The lowest BCUT2D eigenvalue weighted by molar-refractivity contribution is -0.134. The summed E-state index contributed by atoms with van der Waals surface area (Å²) in [5.74, 6) is 1.18. The monoisotopic (exact) mass is 266 g/mol. The van der Waals surface area contributed by atoms with Gasteiger partial charge in [-0.15, -0.1) is 0 Å². The molecule has 2 aliphatic rings. The number of carbonyl (C=O) groups is 1. The van der Waals surface area contributed by atoms with Crippen LogP contribution in [-0.4, -0.2) is 36.0 Å². The van der Waals surface area contributed by atoms with Crippen LogP contribution in [-0.2, 0) is 4.79 Å². The van der Waals surface area contributed by atoms with Crippen LogP contribution in [0.3, 0.4) is 0 Å². The summed E-state index contributed by atoms with van der Waals surface area (Å²) >= 11 is 0. The molecule has 110 valence electrons. The molecule has 3 heteroatoms. The average molecular weight is 266 g/mol. The largest absolute Gasteiger partial charge is 0.341 e. The van der Waals surface area contributed by atoms with Crippen molar-refractivity contribution < 1.29 is 4.79 Å². The van der Waals surface area contributed by atoms with Gasteiger partial charge in [-0.1, -0.05) is 26.2 Å². The molecule has 0 aromatic heterocycles. The Labute approximate surface area is 118 Å². The summed E-state index contributed by atoms with van der Waals surface area (Å²) in [6.45, 7) is 6.27. The number of likely N-dealkylation sites (tertiary alicyclic amines) is 1. The molecule has 19 heavy (non-hydrogen) atoms. The topological polar surface area (TPSA) is 32.3 Å². The molecular weight excluding hydrogens is 236 g/mol. The standard InChI is InChI=1S/C16H30N2O/c1-3-14-8-7-9-15(12-14)17-13(2)16(19)18-10-5-4-6-11-18/h13-15,17H,3-12H2,1-2H3. The van der Waals surface area contributed by atoms with Crippen molar-refractivity contribution in [1.29, 1.82) is 0 Å². The molecule has 1 N–H and O–H groups in total. The van der Waals surface area contributed by atoms with E-state index in [1.807, 2.05) is 6.92 Å². The Bertz CT molecular complexity index is 286. The molecule has 2 fully saturated rings. The highest BCUT2D eigenvalue weighted by Crippen LogP contribution is 2.26. The lowest BCUT2D eigenvalue weighted by Crippen LogP contribution is -2.50. The Balaban J connectivity index is 1.79. The lowest BCUT2D eigenvalue weighted by Gasteiger charge is -2.34. The fourth-order valence-corrected chi connectivity index (χ4v) is 3.63. The number of amides is 1. The molecule has 1 amide bonds. The van der Waals surface area contributed by atoms with E-state index in [0.29, 0.717) is 11.9 Å². The molecule has 1 saturated heterocycles. The van der Waals surface area contributed by atoms with Crippen LogP contribution < -0.4 is 5.32 Å². The van der Waals surface area contributed by atoms with E-state index in [-0.39, 0.29) is 6.04 Å². The van der Waals surface area contributed by atoms with Gasteiger partial charge in [0.2, 0.25) is 5.91 Å². The maximum absolute atomic E-state index is 12.4. The zero-order valence-corrected chi connectivity index (χ0v) is 12.7. The van der Waals surface area contributed by atoms with E-state index in [9.17, 15) is 4.79 Å². The maximum Gasteiger partial charge on any atom is 0.239 e. The van der Waals surface area contributed by atoms with Crippen molar-refractivity contribution in [1.82, 2.24) is 10.2 Å². The van der Waals surface area contributed by atoms with E-state index in [1.54, 1.807) is 0 Å². The van der Waals surface area contributed by atoms with Crippen LogP contribution in [0, 0.1) is 5.92 Å². The molecule has 0 radical (unpaired) electrons. The van der Waals surface area contributed by atoms with Crippen LogP contribution in [0.2, 0.25) is 0 Å². The van der Waals surface area contributed by atoms with Gasteiger partial charge >= 0.3 is 0 Å². The van der Waals surface area contributed by atoms with Crippen molar-refractivity contribution >= 4 is 5.91 Å². The number of nitrogens with zero attached hydrogens (tertiary/aromatic N) is 1. The number of nitrogens with one attached hydrogen (secondary N) is 1. The Morgan fingerprint density at radius 3 is 2.63 bits per heavy atom. The third-order valence-electron chi connectivity index (χ3n) is 4.88. The van der Waals surface area contributed by atoms with Gasteiger partial charge in [0.1, 0.15) is 0 Å². The molecule has 3 atom stereocenters. The van der Waals surface area contributed by atoms with E-state index in [1.165, 1.54) is 51.4 Å². The third kappa shape index (κ3) is 4.20. The first kappa shape index (κ1) is 14.8. The summed E-state index contributed by atoms with van der Waals surface area (Å²) in [6, 6.07) is 0.557. The predicted molar refractivity (Wildman–Crippen MR) is 79.1 cm³/mol. The van der Waals surface area contributed by atoms with Gasteiger partial charge < -0.3 is 10.2 Å². The summed E-state index contributed by atoms with van der Waals surface area (Å²) in [5, 5.41) is 3.59. The van der Waals surface area contributed by atoms with Crippen LogP contribution in [0.1, 0.15) is 65.2 Å². The van der Waals surface area contributed by atoms with Gasteiger partial charge in [0, 0.05) is 19.1 Å². The van der Waals surface area contributed by atoms with Gasteiger partial charge in [0.15, 0.2) is 0 Å². The first-order chi connectivity index (χ1) is 9.20. The van der Waals surface area contributed by atoms with Crippen LogP contribution >= 0.6 is 0 Å². The van der Waals surface area contributed by atoms with Crippen LogP contribution in [0.15, 0.2) is 0 Å². The Morgan fingerprint density at radius 1 is 1.21 bits per heavy atom.